The van der Waals surface area contributed by atoms with Crippen molar-refractivity contribution in [1.82, 2.24) is 9.97 Å². The van der Waals surface area contributed by atoms with Crippen LogP contribution >= 0.6 is 11.3 Å². The van der Waals surface area contributed by atoms with Crippen LogP contribution in [-0.4, -0.2) is 21.7 Å². The maximum Gasteiger partial charge on any atom is 0.102 e. The van der Waals surface area contributed by atoms with E-state index in [0.717, 1.165) is 29.1 Å². The largest absolute Gasteiger partial charge is 0.395 e. The van der Waals surface area contributed by atoms with Gasteiger partial charge in [0.2, 0.25) is 0 Å². The molecule has 3 nitrogen and oxygen atoms in total. The Balaban J connectivity index is 1.94. The smallest absolute Gasteiger partial charge is 0.102 e. The molecule has 1 saturated carbocycles. The van der Waals surface area contributed by atoms with Gasteiger partial charge >= 0.3 is 0 Å². The SMILES string of the molecule is OCC1(c2nc(-c3cccnc3)cs2)CC1. The van der Waals surface area contributed by atoms with E-state index in [9.17, 15) is 5.11 Å². The van der Waals surface area contributed by atoms with Gasteiger partial charge < -0.3 is 5.11 Å². The van der Waals surface area contributed by atoms with E-state index in [1.165, 1.54) is 0 Å². The fourth-order valence-electron chi connectivity index (χ4n) is 1.75. The Kier molecular flexibility index (Phi) is 2.26. The van der Waals surface area contributed by atoms with Crippen LogP contribution in [0.4, 0.5) is 0 Å². The number of rotatable bonds is 3. The quantitative estimate of drug-likeness (QED) is 0.882. The lowest BCUT2D eigenvalue weighted by molar-refractivity contribution is 0.255. The first-order chi connectivity index (χ1) is 7.84. The van der Waals surface area contributed by atoms with Crippen LogP contribution in [0.3, 0.4) is 0 Å². The van der Waals surface area contributed by atoms with Crippen LogP contribution in [0.1, 0.15) is 17.8 Å². The van der Waals surface area contributed by atoms with Crippen LogP contribution < -0.4 is 0 Å². The van der Waals surface area contributed by atoms with Gasteiger partial charge in [0.15, 0.2) is 0 Å². The molecule has 0 aromatic carbocycles. The zero-order chi connectivity index (χ0) is 11.0. The van der Waals surface area contributed by atoms with E-state index in [1.807, 2.05) is 23.7 Å². The third-order valence-corrected chi connectivity index (χ3v) is 4.16. The molecule has 0 unspecified atom stereocenters. The standard InChI is InChI=1S/C12H12N2OS/c15-8-12(3-4-12)11-14-10(7-16-11)9-2-1-5-13-6-9/h1-2,5-7,15H,3-4,8H2. The number of pyridine rings is 1. The number of hydrogen-bond acceptors (Lipinski definition) is 4. The van der Waals surface area contributed by atoms with Gasteiger partial charge in [-0.15, -0.1) is 11.3 Å². The van der Waals surface area contributed by atoms with Crippen LogP contribution in [0, 0.1) is 0 Å². The van der Waals surface area contributed by atoms with E-state index in [2.05, 4.69) is 9.97 Å². The minimum Gasteiger partial charge on any atom is -0.395 e. The van der Waals surface area contributed by atoms with E-state index in [0.29, 0.717) is 0 Å². The summed E-state index contributed by atoms with van der Waals surface area (Å²) in [7, 11) is 0. The predicted molar refractivity (Wildman–Crippen MR) is 63.3 cm³/mol. The van der Waals surface area contributed by atoms with Gasteiger partial charge in [0.25, 0.3) is 0 Å². The van der Waals surface area contributed by atoms with Crippen molar-refractivity contribution >= 4 is 11.3 Å². The molecule has 0 saturated heterocycles. The van der Waals surface area contributed by atoms with Crippen molar-refractivity contribution in [3.8, 4) is 11.3 Å². The Hall–Kier alpha value is -1.26. The van der Waals surface area contributed by atoms with Crippen molar-refractivity contribution in [2.24, 2.45) is 0 Å². The molecule has 0 bridgehead atoms. The molecule has 4 heteroatoms. The fourth-order valence-corrected chi connectivity index (χ4v) is 2.84. The van der Waals surface area contributed by atoms with Gasteiger partial charge in [0.1, 0.15) is 5.01 Å². The molecule has 1 N–H and O–H groups in total. The Morgan fingerprint density at radius 2 is 2.31 bits per heavy atom. The third-order valence-electron chi connectivity index (χ3n) is 3.07. The van der Waals surface area contributed by atoms with Crippen LogP contribution in [-0.2, 0) is 5.41 Å². The van der Waals surface area contributed by atoms with Crippen molar-refractivity contribution in [3.63, 3.8) is 0 Å². The molecule has 1 aliphatic rings. The van der Waals surface area contributed by atoms with Gasteiger partial charge in [0, 0.05) is 28.8 Å². The molecule has 16 heavy (non-hydrogen) atoms. The molecular formula is C12H12N2OS. The Morgan fingerprint density at radius 1 is 1.44 bits per heavy atom. The Labute approximate surface area is 97.8 Å². The summed E-state index contributed by atoms with van der Waals surface area (Å²) in [4.78, 5) is 8.69. The van der Waals surface area contributed by atoms with Crippen LogP contribution in [0.5, 0.6) is 0 Å². The van der Waals surface area contributed by atoms with Crippen LogP contribution in [0.15, 0.2) is 29.9 Å². The number of aromatic nitrogens is 2. The van der Waals surface area contributed by atoms with E-state index < -0.39 is 0 Å². The van der Waals surface area contributed by atoms with Gasteiger partial charge in [-0.1, -0.05) is 0 Å². The first kappa shape index (κ1) is 9.93. The monoisotopic (exact) mass is 232 g/mol. The minimum atomic E-state index is -0.0227. The molecule has 1 aliphatic carbocycles. The molecule has 0 amide bonds. The Bertz CT molecular complexity index is 491. The maximum absolute atomic E-state index is 9.34. The van der Waals surface area contributed by atoms with Crippen molar-refractivity contribution in [2.75, 3.05) is 6.61 Å². The summed E-state index contributed by atoms with van der Waals surface area (Å²) in [5.74, 6) is 0. The maximum atomic E-state index is 9.34. The lowest BCUT2D eigenvalue weighted by atomic mass is 10.1. The molecule has 0 spiro atoms. The third kappa shape index (κ3) is 1.54. The molecule has 82 valence electrons. The molecule has 0 aliphatic heterocycles. The van der Waals surface area contributed by atoms with Gasteiger partial charge in [-0.3, -0.25) is 4.98 Å². The van der Waals surface area contributed by atoms with Crippen LogP contribution in [0.2, 0.25) is 0 Å². The highest BCUT2D eigenvalue weighted by molar-refractivity contribution is 7.10. The van der Waals surface area contributed by atoms with Crippen molar-refractivity contribution in [1.29, 1.82) is 0 Å². The summed E-state index contributed by atoms with van der Waals surface area (Å²) in [5, 5.41) is 12.5. The number of hydrogen-bond donors (Lipinski definition) is 1. The van der Waals surface area contributed by atoms with Crippen LogP contribution in [0.25, 0.3) is 11.3 Å². The number of aliphatic hydroxyl groups excluding tert-OH is 1. The second kappa shape index (κ2) is 3.64. The summed E-state index contributed by atoms with van der Waals surface area (Å²) in [6.45, 7) is 0.215. The lowest BCUT2D eigenvalue weighted by Crippen LogP contribution is -2.11. The van der Waals surface area contributed by atoms with Gasteiger partial charge in [0.05, 0.1) is 12.3 Å². The first-order valence-electron chi connectivity index (χ1n) is 5.31. The average molecular weight is 232 g/mol. The predicted octanol–water partition coefficient (Wildman–Crippen LogP) is 2.23. The highest BCUT2D eigenvalue weighted by Gasteiger charge is 2.46. The second-order valence-electron chi connectivity index (χ2n) is 4.22. The molecule has 2 aromatic rings. The average Bonchev–Trinajstić information content (AvgIpc) is 3.00. The van der Waals surface area contributed by atoms with Crippen molar-refractivity contribution in [3.05, 3.63) is 34.9 Å². The molecule has 2 heterocycles. The minimum absolute atomic E-state index is 0.0227. The molecular weight excluding hydrogens is 220 g/mol. The molecule has 2 aromatic heterocycles. The van der Waals surface area contributed by atoms with E-state index in [4.69, 9.17) is 0 Å². The summed E-state index contributed by atoms with van der Waals surface area (Å²) < 4.78 is 0. The molecule has 1 fully saturated rings. The zero-order valence-electron chi connectivity index (χ0n) is 8.76. The summed E-state index contributed by atoms with van der Waals surface area (Å²) in [6, 6.07) is 3.91. The number of nitrogens with zero attached hydrogens (tertiary/aromatic N) is 2. The second-order valence-corrected chi connectivity index (χ2v) is 5.08. The topological polar surface area (TPSA) is 46.0 Å². The van der Waals surface area contributed by atoms with E-state index in [-0.39, 0.29) is 12.0 Å². The van der Waals surface area contributed by atoms with Gasteiger partial charge in [-0.25, -0.2) is 4.98 Å². The van der Waals surface area contributed by atoms with Crippen molar-refractivity contribution < 1.29 is 5.11 Å². The highest BCUT2D eigenvalue weighted by atomic mass is 32.1. The normalized spacial score (nSPS) is 17.3. The summed E-state index contributed by atoms with van der Waals surface area (Å²) in [5.41, 5.74) is 1.98. The summed E-state index contributed by atoms with van der Waals surface area (Å²) >= 11 is 1.64. The van der Waals surface area contributed by atoms with E-state index >= 15 is 0 Å². The van der Waals surface area contributed by atoms with Gasteiger partial charge in [-0.05, 0) is 25.0 Å². The first-order valence-corrected chi connectivity index (χ1v) is 6.19. The van der Waals surface area contributed by atoms with Crippen molar-refractivity contribution in [2.45, 2.75) is 18.3 Å². The molecule has 0 radical (unpaired) electrons. The van der Waals surface area contributed by atoms with E-state index in [1.54, 1.807) is 17.5 Å². The summed E-state index contributed by atoms with van der Waals surface area (Å²) in [6.07, 6.45) is 5.69. The number of thiazole rings is 1. The van der Waals surface area contributed by atoms with Gasteiger partial charge in [-0.2, -0.15) is 0 Å². The lowest BCUT2D eigenvalue weighted by Gasteiger charge is -2.05. The number of aliphatic hydroxyl groups is 1. The molecule has 0 atom stereocenters. The zero-order valence-corrected chi connectivity index (χ0v) is 9.57. The Morgan fingerprint density at radius 3 is 2.94 bits per heavy atom. The highest BCUT2D eigenvalue weighted by Crippen LogP contribution is 2.49. The molecule has 3 rings (SSSR count). The fraction of sp³-hybridized carbons (Fsp3) is 0.333.